The molecule has 0 radical (unpaired) electrons. The summed E-state index contributed by atoms with van der Waals surface area (Å²) < 4.78 is 10.6. The molecule has 1 aromatic carbocycles. The van der Waals surface area contributed by atoms with E-state index < -0.39 is 23.4 Å². The Bertz CT molecular complexity index is 705. The number of ether oxygens (including phenoxy) is 2. The molecule has 0 spiro atoms. The first kappa shape index (κ1) is 16.1. The number of hydrogen-bond donors (Lipinski definition) is 2. The van der Waals surface area contributed by atoms with Crippen LogP contribution in [0.15, 0.2) is 18.2 Å². The van der Waals surface area contributed by atoms with Gasteiger partial charge in [0.1, 0.15) is 12.1 Å². The molecule has 1 saturated heterocycles. The minimum Gasteiger partial charge on any atom is -0.454 e. The lowest BCUT2D eigenvalue weighted by Crippen LogP contribution is -2.45. The lowest BCUT2D eigenvalue weighted by atomic mass is 9.93. The molecule has 0 aliphatic carbocycles. The molecule has 8 heteroatoms. The third-order valence-corrected chi connectivity index (χ3v) is 4.28. The number of aryl methyl sites for hydroxylation is 1. The molecule has 0 unspecified atom stereocenters. The second-order valence-electron chi connectivity index (χ2n) is 6.01. The highest BCUT2D eigenvalue weighted by molar-refractivity contribution is 6.08. The molecule has 0 aromatic heterocycles. The van der Waals surface area contributed by atoms with E-state index in [2.05, 4.69) is 10.6 Å². The number of hydrogen-bond acceptors (Lipinski definition) is 5. The third-order valence-electron chi connectivity index (χ3n) is 4.28. The monoisotopic (exact) mass is 333 g/mol. The zero-order chi connectivity index (χ0) is 17.3. The van der Waals surface area contributed by atoms with Crippen molar-refractivity contribution in [2.75, 3.05) is 20.4 Å². The Kier molecular flexibility index (Phi) is 4.04. The average Bonchev–Trinajstić information content (AvgIpc) is 3.11. The first-order chi connectivity index (χ1) is 11.4. The molecular weight excluding hydrogens is 314 g/mol. The van der Waals surface area contributed by atoms with Crippen LogP contribution < -0.4 is 20.1 Å². The number of fused-ring (bicyclic) bond motifs is 1. The van der Waals surface area contributed by atoms with Crippen LogP contribution in [0.1, 0.15) is 18.9 Å². The van der Waals surface area contributed by atoms with Crippen molar-refractivity contribution in [3.05, 3.63) is 23.8 Å². The van der Waals surface area contributed by atoms with Crippen LogP contribution in [-0.2, 0) is 16.0 Å². The molecule has 2 N–H and O–H groups in total. The first-order valence-corrected chi connectivity index (χ1v) is 7.66. The van der Waals surface area contributed by atoms with Gasteiger partial charge >= 0.3 is 6.03 Å². The number of nitrogens with one attached hydrogen (secondary N) is 2. The fraction of sp³-hybridized carbons (Fsp3) is 0.438. The number of rotatable bonds is 5. The van der Waals surface area contributed by atoms with Crippen molar-refractivity contribution >= 4 is 17.8 Å². The van der Waals surface area contributed by atoms with Gasteiger partial charge < -0.3 is 20.1 Å². The zero-order valence-electron chi connectivity index (χ0n) is 13.5. The standard InChI is InChI=1S/C16H19N3O5/c1-16(14(21)19(15(22)18-16)8-13(20)17-2)6-5-10-3-4-11-12(7-10)24-9-23-11/h3-4,7H,5-6,8-9H2,1-2H3,(H,17,20)(H,18,22)/t16-/m1/s1. The minimum atomic E-state index is -1.03. The normalized spacial score (nSPS) is 21.8. The third kappa shape index (κ3) is 2.86. The Morgan fingerprint density at radius 1 is 1.33 bits per heavy atom. The van der Waals surface area contributed by atoms with Crippen molar-refractivity contribution < 1.29 is 23.9 Å². The molecule has 3 rings (SSSR count). The van der Waals surface area contributed by atoms with Gasteiger partial charge in [0.15, 0.2) is 11.5 Å². The summed E-state index contributed by atoms with van der Waals surface area (Å²) in [6.45, 7) is 1.60. The van der Waals surface area contributed by atoms with E-state index in [-0.39, 0.29) is 13.3 Å². The summed E-state index contributed by atoms with van der Waals surface area (Å²) in [6.07, 6.45) is 0.994. The molecular formula is C16H19N3O5. The van der Waals surface area contributed by atoms with Crippen LogP contribution in [0.4, 0.5) is 4.79 Å². The topological polar surface area (TPSA) is 97.0 Å². The number of likely N-dealkylation sites (N-methyl/N-ethyl adjacent to an activating group) is 1. The van der Waals surface area contributed by atoms with Crippen LogP contribution in [0.3, 0.4) is 0 Å². The van der Waals surface area contributed by atoms with Gasteiger partial charge in [0.25, 0.3) is 5.91 Å². The molecule has 1 aromatic rings. The Labute approximate surface area is 139 Å². The Hall–Kier alpha value is -2.77. The fourth-order valence-corrected chi connectivity index (χ4v) is 2.77. The molecule has 8 nitrogen and oxygen atoms in total. The minimum absolute atomic E-state index is 0.208. The number of benzene rings is 1. The number of carbonyl (C=O) groups is 3. The summed E-state index contributed by atoms with van der Waals surface area (Å²) in [5.41, 5.74) is -0.0474. The van der Waals surface area contributed by atoms with Gasteiger partial charge in [-0.05, 0) is 37.5 Å². The highest BCUT2D eigenvalue weighted by Crippen LogP contribution is 2.33. The average molecular weight is 333 g/mol. The van der Waals surface area contributed by atoms with E-state index in [1.54, 1.807) is 6.92 Å². The van der Waals surface area contributed by atoms with Gasteiger partial charge in [0.05, 0.1) is 0 Å². The smallest absolute Gasteiger partial charge is 0.325 e. The Morgan fingerprint density at radius 3 is 2.83 bits per heavy atom. The van der Waals surface area contributed by atoms with Gasteiger partial charge in [-0.1, -0.05) is 6.07 Å². The maximum absolute atomic E-state index is 12.5. The fourth-order valence-electron chi connectivity index (χ4n) is 2.77. The molecule has 2 heterocycles. The maximum Gasteiger partial charge on any atom is 0.325 e. The predicted octanol–water partition coefficient (Wildman–Crippen LogP) is 0.404. The largest absolute Gasteiger partial charge is 0.454 e. The number of nitrogens with zero attached hydrogens (tertiary/aromatic N) is 1. The predicted molar refractivity (Wildman–Crippen MR) is 83.6 cm³/mol. The highest BCUT2D eigenvalue weighted by atomic mass is 16.7. The molecule has 1 atom stereocenters. The Morgan fingerprint density at radius 2 is 2.08 bits per heavy atom. The molecule has 2 aliphatic heterocycles. The summed E-state index contributed by atoms with van der Waals surface area (Å²) in [4.78, 5) is 36.9. The van der Waals surface area contributed by atoms with E-state index in [4.69, 9.17) is 9.47 Å². The zero-order valence-corrected chi connectivity index (χ0v) is 13.5. The lowest BCUT2D eigenvalue weighted by molar-refractivity contribution is -0.134. The maximum atomic E-state index is 12.5. The van der Waals surface area contributed by atoms with Crippen LogP contribution in [-0.4, -0.2) is 48.7 Å². The second kappa shape index (κ2) is 6.03. The first-order valence-electron chi connectivity index (χ1n) is 7.66. The van der Waals surface area contributed by atoms with E-state index in [0.29, 0.717) is 24.3 Å². The van der Waals surface area contributed by atoms with Crippen molar-refractivity contribution in [3.63, 3.8) is 0 Å². The quantitative estimate of drug-likeness (QED) is 0.761. The van der Waals surface area contributed by atoms with E-state index in [1.165, 1.54) is 7.05 Å². The van der Waals surface area contributed by atoms with Crippen LogP contribution in [0, 0.1) is 0 Å². The van der Waals surface area contributed by atoms with Gasteiger partial charge in [-0.15, -0.1) is 0 Å². The van der Waals surface area contributed by atoms with E-state index in [0.717, 1.165) is 10.5 Å². The van der Waals surface area contributed by atoms with Gasteiger partial charge in [-0.2, -0.15) is 0 Å². The SMILES string of the molecule is CNC(=O)CN1C(=O)N[C@](C)(CCc2ccc3c(c2)OCO3)C1=O. The van der Waals surface area contributed by atoms with Crippen LogP contribution in [0.5, 0.6) is 11.5 Å². The molecule has 0 saturated carbocycles. The summed E-state index contributed by atoms with van der Waals surface area (Å²) in [5, 5.41) is 5.09. The number of amides is 4. The van der Waals surface area contributed by atoms with E-state index in [9.17, 15) is 14.4 Å². The molecule has 24 heavy (non-hydrogen) atoms. The van der Waals surface area contributed by atoms with E-state index >= 15 is 0 Å². The molecule has 128 valence electrons. The van der Waals surface area contributed by atoms with Gasteiger partial charge in [0, 0.05) is 7.05 Å². The Balaban J connectivity index is 1.67. The van der Waals surface area contributed by atoms with Crippen LogP contribution in [0.25, 0.3) is 0 Å². The molecule has 1 fully saturated rings. The van der Waals surface area contributed by atoms with Crippen molar-refractivity contribution in [1.82, 2.24) is 15.5 Å². The number of urea groups is 1. The van der Waals surface area contributed by atoms with Crippen molar-refractivity contribution in [3.8, 4) is 11.5 Å². The van der Waals surface area contributed by atoms with E-state index in [1.807, 2.05) is 18.2 Å². The molecule has 0 bridgehead atoms. The number of imide groups is 1. The highest BCUT2D eigenvalue weighted by Gasteiger charge is 2.47. The van der Waals surface area contributed by atoms with Gasteiger partial charge in [-0.3, -0.25) is 14.5 Å². The van der Waals surface area contributed by atoms with Crippen LogP contribution in [0.2, 0.25) is 0 Å². The molecule has 4 amide bonds. The second-order valence-corrected chi connectivity index (χ2v) is 6.01. The summed E-state index contributed by atoms with van der Waals surface area (Å²) in [7, 11) is 1.46. The lowest BCUT2D eigenvalue weighted by Gasteiger charge is -2.21. The van der Waals surface area contributed by atoms with Gasteiger partial charge in [0.2, 0.25) is 12.7 Å². The summed E-state index contributed by atoms with van der Waals surface area (Å²) in [6, 6.07) is 5.06. The van der Waals surface area contributed by atoms with Crippen molar-refractivity contribution in [1.29, 1.82) is 0 Å². The molecule has 2 aliphatic rings. The van der Waals surface area contributed by atoms with Gasteiger partial charge in [-0.25, -0.2) is 4.79 Å². The van der Waals surface area contributed by atoms with Crippen molar-refractivity contribution in [2.45, 2.75) is 25.3 Å². The van der Waals surface area contributed by atoms with Crippen molar-refractivity contribution in [2.24, 2.45) is 0 Å². The number of carbonyl (C=O) groups excluding carboxylic acids is 3. The summed E-state index contributed by atoms with van der Waals surface area (Å²) >= 11 is 0. The van der Waals surface area contributed by atoms with Crippen LogP contribution >= 0.6 is 0 Å². The summed E-state index contributed by atoms with van der Waals surface area (Å²) in [5.74, 6) is 0.600.